The predicted molar refractivity (Wildman–Crippen MR) is 81.7 cm³/mol. The second kappa shape index (κ2) is 6.05. The molecule has 0 saturated carbocycles. The van der Waals surface area contributed by atoms with Crippen LogP contribution < -0.4 is 10.5 Å². The van der Waals surface area contributed by atoms with Crippen LogP contribution in [0.1, 0.15) is 35.3 Å². The molecule has 2 aromatic heterocycles. The van der Waals surface area contributed by atoms with Crippen molar-refractivity contribution in [2.24, 2.45) is 0 Å². The minimum atomic E-state index is -0.0175. The van der Waals surface area contributed by atoms with Crippen molar-refractivity contribution < 1.29 is 9.53 Å². The topological polar surface area (TPSA) is 97.1 Å². The van der Waals surface area contributed by atoms with Crippen LogP contribution in [0.5, 0.6) is 5.88 Å². The van der Waals surface area contributed by atoms with Crippen LogP contribution in [0.25, 0.3) is 0 Å². The van der Waals surface area contributed by atoms with E-state index in [1.165, 1.54) is 0 Å². The summed E-state index contributed by atoms with van der Waals surface area (Å²) in [7, 11) is 0. The molecule has 0 spiro atoms. The number of hydrogen-bond acceptors (Lipinski definition) is 5. The normalized spacial score (nSPS) is 17.7. The van der Waals surface area contributed by atoms with E-state index in [2.05, 4.69) is 15.2 Å². The molecular formula is C15H19N5O2. The first-order valence-electron chi connectivity index (χ1n) is 7.36. The highest BCUT2D eigenvalue weighted by Gasteiger charge is 2.30. The van der Waals surface area contributed by atoms with Gasteiger partial charge in [-0.25, -0.2) is 4.98 Å². The Morgan fingerprint density at radius 2 is 2.36 bits per heavy atom. The second-order valence-electron chi connectivity index (χ2n) is 5.29. The molecule has 0 radical (unpaired) electrons. The molecule has 116 valence electrons. The Bertz CT molecular complexity index is 652. The molecule has 3 N–H and O–H groups in total. The third kappa shape index (κ3) is 2.74. The van der Waals surface area contributed by atoms with E-state index in [0.29, 0.717) is 36.8 Å². The Kier molecular flexibility index (Phi) is 3.95. The van der Waals surface area contributed by atoms with Crippen LogP contribution >= 0.6 is 0 Å². The van der Waals surface area contributed by atoms with E-state index in [0.717, 1.165) is 12.1 Å². The van der Waals surface area contributed by atoms with E-state index in [9.17, 15) is 4.79 Å². The molecule has 2 aromatic rings. The van der Waals surface area contributed by atoms with Gasteiger partial charge in [-0.2, -0.15) is 5.10 Å². The number of hydrogen-bond donors (Lipinski definition) is 2. The van der Waals surface area contributed by atoms with Crippen molar-refractivity contribution in [2.75, 3.05) is 25.4 Å². The number of ether oxygens (including phenoxy) is 1. The number of aromatic nitrogens is 3. The van der Waals surface area contributed by atoms with Gasteiger partial charge in [0, 0.05) is 31.3 Å². The Morgan fingerprint density at radius 3 is 3.00 bits per heavy atom. The SMILES string of the molecule is CCOc1ccc(C(=O)N2CCC(c3[nH]ncc3N)C2)cn1. The minimum Gasteiger partial charge on any atom is -0.478 e. The van der Waals surface area contributed by atoms with Crippen LogP contribution in [0.3, 0.4) is 0 Å². The first-order valence-corrected chi connectivity index (χ1v) is 7.36. The first kappa shape index (κ1) is 14.4. The maximum atomic E-state index is 12.5. The number of likely N-dealkylation sites (tertiary alicyclic amines) is 1. The van der Waals surface area contributed by atoms with Gasteiger partial charge in [-0.1, -0.05) is 0 Å². The average molecular weight is 301 g/mol. The van der Waals surface area contributed by atoms with Crippen LogP contribution in [0.4, 0.5) is 5.69 Å². The van der Waals surface area contributed by atoms with Gasteiger partial charge >= 0.3 is 0 Å². The molecule has 1 amide bonds. The number of rotatable bonds is 4. The van der Waals surface area contributed by atoms with E-state index in [1.54, 1.807) is 24.5 Å². The molecule has 1 unspecified atom stereocenters. The number of H-pyrrole nitrogens is 1. The highest BCUT2D eigenvalue weighted by molar-refractivity contribution is 5.94. The number of nitrogen functional groups attached to an aromatic ring is 1. The number of carbonyl (C=O) groups is 1. The van der Waals surface area contributed by atoms with Crippen LogP contribution in [0, 0.1) is 0 Å². The summed E-state index contributed by atoms with van der Waals surface area (Å²) in [6.07, 6.45) is 4.05. The lowest BCUT2D eigenvalue weighted by atomic mass is 10.0. The smallest absolute Gasteiger partial charge is 0.255 e. The second-order valence-corrected chi connectivity index (χ2v) is 5.29. The third-order valence-corrected chi connectivity index (χ3v) is 3.86. The maximum absolute atomic E-state index is 12.5. The third-order valence-electron chi connectivity index (χ3n) is 3.86. The summed E-state index contributed by atoms with van der Waals surface area (Å²) in [6, 6.07) is 3.47. The molecule has 3 rings (SSSR count). The molecule has 0 aliphatic carbocycles. The Hall–Kier alpha value is -2.57. The van der Waals surface area contributed by atoms with Gasteiger partial charge in [0.15, 0.2) is 0 Å². The zero-order valence-corrected chi connectivity index (χ0v) is 12.5. The molecule has 1 saturated heterocycles. The van der Waals surface area contributed by atoms with Gasteiger partial charge < -0.3 is 15.4 Å². The summed E-state index contributed by atoms with van der Waals surface area (Å²) in [5, 5.41) is 6.87. The summed E-state index contributed by atoms with van der Waals surface area (Å²) in [6.45, 7) is 3.79. The van der Waals surface area contributed by atoms with E-state index in [1.807, 2.05) is 11.8 Å². The lowest BCUT2D eigenvalue weighted by Gasteiger charge is -2.16. The van der Waals surface area contributed by atoms with E-state index in [4.69, 9.17) is 10.5 Å². The van der Waals surface area contributed by atoms with Gasteiger partial charge in [-0.15, -0.1) is 0 Å². The van der Waals surface area contributed by atoms with E-state index < -0.39 is 0 Å². The molecule has 1 atom stereocenters. The van der Waals surface area contributed by atoms with Crippen LogP contribution in [0.2, 0.25) is 0 Å². The maximum Gasteiger partial charge on any atom is 0.255 e. The number of nitrogens with zero attached hydrogens (tertiary/aromatic N) is 3. The molecule has 1 aliphatic rings. The number of amides is 1. The molecule has 22 heavy (non-hydrogen) atoms. The first-order chi connectivity index (χ1) is 10.7. The van der Waals surface area contributed by atoms with Gasteiger partial charge in [-0.3, -0.25) is 9.89 Å². The van der Waals surface area contributed by atoms with Crippen molar-refractivity contribution in [3.63, 3.8) is 0 Å². The Morgan fingerprint density at radius 1 is 1.50 bits per heavy atom. The number of nitrogens with one attached hydrogen (secondary N) is 1. The highest BCUT2D eigenvalue weighted by Crippen LogP contribution is 2.29. The zero-order chi connectivity index (χ0) is 15.5. The average Bonchev–Trinajstić information content (AvgIpc) is 3.16. The fourth-order valence-corrected chi connectivity index (χ4v) is 2.74. The van der Waals surface area contributed by atoms with Crippen molar-refractivity contribution in [1.29, 1.82) is 0 Å². The van der Waals surface area contributed by atoms with Gasteiger partial charge in [-0.05, 0) is 19.4 Å². The van der Waals surface area contributed by atoms with Crippen molar-refractivity contribution >= 4 is 11.6 Å². The molecule has 1 fully saturated rings. The Balaban J connectivity index is 1.67. The number of anilines is 1. The molecule has 0 bridgehead atoms. The summed E-state index contributed by atoms with van der Waals surface area (Å²) >= 11 is 0. The molecular weight excluding hydrogens is 282 g/mol. The number of carbonyl (C=O) groups excluding carboxylic acids is 1. The van der Waals surface area contributed by atoms with Gasteiger partial charge in [0.1, 0.15) is 0 Å². The lowest BCUT2D eigenvalue weighted by molar-refractivity contribution is 0.0790. The van der Waals surface area contributed by atoms with Gasteiger partial charge in [0.25, 0.3) is 5.91 Å². The van der Waals surface area contributed by atoms with Gasteiger partial charge in [0.05, 0.1) is 29.7 Å². The molecule has 3 heterocycles. The molecule has 7 heteroatoms. The summed E-state index contributed by atoms with van der Waals surface area (Å²) in [5.74, 6) is 0.724. The zero-order valence-electron chi connectivity index (χ0n) is 12.5. The van der Waals surface area contributed by atoms with Crippen LogP contribution in [-0.2, 0) is 0 Å². The Labute approximate surface area is 128 Å². The predicted octanol–water partition coefficient (Wildman–Crippen LogP) is 1.42. The number of nitrogens with two attached hydrogens (primary N) is 1. The lowest BCUT2D eigenvalue weighted by Crippen LogP contribution is -2.28. The van der Waals surface area contributed by atoms with Crippen LogP contribution in [0.15, 0.2) is 24.5 Å². The summed E-state index contributed by atoms with van der Waals surface area (Å²) in [4.78, 5) is 18.5. The number of pyridine rings is 1. The van der Waals surface area contributed by atoms with E-state index >= 15 is 0 Å². The standard InChI is InChI=1S/C15H19N5O2/c1-2-22-13-4-3-10(7-17-13)15(21)20-6-5-11(9-20)14-12(16)8-18-19-14/h3-4,7-8,11H,2,5-6,9,16H2,1H3,(H,18,19). The van der Waals surface area contributed by atoms with Crippen LogP contribution in [-0.4, -0.2) is 45.7 Å². The van der Waals surface area contributed by atoms with Crippen molar-refractivity contribution in [3.8, 4) is 5.88 Å². The quantitative estimate of drug-likeness (QED) is 0.890. The minimum absolute atomic E-state index is 0.0175. The molecule has 0 aromatic carbocycles. The fourth-order valence-electron chi connectivity index (χ4n) is 2.74. The van der Waals surface area contributed by atoms with Crippen molar-refractivity contribution in [2.45, 2.75) is 19.3 Å². The molecule has 1 aliphatic heterocycles. The monoisotopic (exact) mass is 301 g/mol. The summed E-state index contributed by atoms with van der Waals surface area (Å²) in [5.41, 5.74) is 8.02. The number of aromatic amines is 1. The highest BCUT2D eigenvalue weighted by atomic mass is 16.5. The van der Waals surface area contributed by atoms with Crippen molar-refractivity contribution in [1.82, 2.24) is 20.1 Å². The fraction of sp³-hybridized carbons (Fsp3) is 0.400. The van der Waals surface area contributed by atoms with E-state index in [-0.39, 0.29) is 11.8 Å². The largest absolute Gasteiger partial charge is 0.478 e. The molecule has 7 nitrogen and oxygen atoms in total. The summed E-state index contributed by atoms with van der Waals surface area (Å²) < 4.78 is 5.28. The van der Waals surface area contributed by atoms with Crippen molar-refractivity contribution in [3.05, 3.63) is 35.8 Å². The van der Waals surface area contributed by atoms with Gasteiger partial charge in [0.2, 0.25) is 5.88 Å².